The normalized spacial score (nSPS) is 10.7. The Morgan fingerprint density at radius 3 is 2.85 bits per heavy atom. The molecule has 0 aliphatic heterocycles. The maximum atomic E-state index is 11.5. The van der Waals surface area contributed by atoms with Crippen LogP contribution in [0.1, 0.15) is 31.2 Å². The van der Waals surface area contributed by atoms with Crippen LogP contribution in [0.15, 0.2) is 18.5 Å². The molecule has 0 radical (unpaired) electrons. The molecule has 0 spiro atoms. The Bertz CT molecular complexity index is 466. The summed E-state index contributed by atoms with van der Waals surface area (Å²) in [4.78, 5) is 22.4. The Morgan fingerprint density at radius 2 is 2.20 bits per heavy atom. The molecule has 0 aromatic carbocycles. The van der Waals surface area contributed by atoms with E-state index in [4.69, 9.17) is 0 Å². The van der Waals surface area contributed by atoms with E-state index in [0.29, 0.717) is 13.0 Å². The first kappa shape index (κ1) is 15.9. The number of hydrogen-bond donors (Lipinski definition) is 1. The van der Waals surface area contributed by atoms with Crippen LogP contribution in [0.5, 0.6) is 0 Å². The molecule has 1 heterocycles. The van der Waals surface area contributed by atoms with E-state index >= 15 is 0 Å². The van der Waals surface area contributed by atoms with Gasteiger partial charge in [-0.25, -0.2) is 0 Å². The van der Waals surface area contributed by atoms with E-state index in [1.54, 1.807) is 17.0 Å². The van der Waals surface area contributed by atoms with Crippen molar-refractivity contribution in [2.75, 3.05) is 13.7 Å². The van der Waals surface area contributed by atoms with E-state index in [9.17, 15) is 9.59 Å². The van der Waals surface area contributed by atoms with Gasteiger partial charge in [-0.05, 0) is 18.9 Å². The Morgan fingerprint density at radius 1 is 1.40 bits per heavy atom. The predicted molar refractivity (Wildman–Crippen MR) is 75.7 cm³/mol. The third-order valence-electron chi connectivity index (χ3n) is 2.74. The van der Waals surface area contributed by atoms with Crippen LogP contribution in [-0.4, -0.2) is 35.3 Å². The highest BCUT2D eigenvalue weighted by Gasteiger charge is 2.00. The van der Waals surface area contributed by atoms with Crippen molar-refractivity contribution in [1.29, 1.82) is 0 Å². The number of carbonyl (C=O) groups is 2. The first-order valence-electron chi connectivity index (χ1n) is 6.63. The third-order valence-corrected chi connectivity index (χ3v) is 2.74. The van der Waals surface area contributed by atoms with Crippen LogP contribution in [0.4, 0.5) is 0 Å². The lowest BCUT2D eigenvalue weighted by Gasteiger charge is -2.02. The highest BCUT2D eigenvalue weighted by atomic mass is 16.5. The van der Waals surface area contributed by atoms with Crippen molar-refractivity contribution in [1.82, 2.24) is 15.1 Å². The van der Waals surface area contributed by atoms with Crippen molar-refractivity contribution in [3.05, 3.63) is 24.0 Å². The van der Waals surface area contributed by atoms with E-state index in [2.05, 4.69) is 15.2 Å². The molecule has 0 bridgehead atoms. The van der Waals surface area contributed by atoms with Gasteiger partial charge >= 0.3 is 5.97 Å². The molecule has 20 heavy (non-hydrogen) atoms. The predicted octanol–water partition coefficient (Wildman–Crippen LogP) is 1.28. The fourth-order valence-corrected chi connectivity index (χ4v) is 1.64. The second-order valence-electron chi connectivity index (χ2n) is 4.46. The van der Waals surface area contributed by atoms with Crippen LogP contribution in [0.2, 0.25) is 0 Å². The second-order valence-corrected chi connectivity index (χ2v) is 4.46. The fraction of sp³-hybridized carbons (Fsp3) is 0.500. The lowest BCUT2D eigenvalue weighted by atomic mass is 10.2. The molecule has 110 valence electrons. The molecule has 0 saturated heterocycles. The molecule has 0 saturated carbocycles. The van der Waals surface area contributed by atoms with Crippen molar-refractivity contribution in [2.45, 2.75) is 25.7 Å². The minimum atomic E-state index is -0.187. The van der Waals surface area contributed by atoms with Crippen LogP contribution in [0.3, 0.4) is 0 Å². The number of carbonyl (C=O) groups excluding carboxylic acids is 2. The maximum Gasteiger partial charge on any atom is 0.305 e. The average molecular weight is 279 g/mol. The zero-order valence-corrected chi connectivity index (χ0v) is 12.0. The number of rotatable bonds is 8. The number of amides is 1. The number of aromatic nitrogens is 2. The fourth-order valence-electron chi connectivity index (χ4n) is 1.64. The Balaban J connectivity index is 2.08. The molecule has 0 atom stereocenters. The number of nitrogens with zero attached hydrogens (tertiary/aromatic N) is 2. The molecule has 1 N–H and O–H groups in total. The van der Waals surface area contributed by atoms with E-state index in [1.165, 1.54) is 13.2 Å². The molecule has 6 nitrogen and oxygen atoms in total. The summed E-state index contributed by atoms with van der Waals surface area (Å²) in [5.74, 6) is -0.310. The molecule has 1 aromatic heterocycles. The largest absolute Gasteiger partial charge is 0.469 e. The number of ether oxygens (including phenoxy) is 1. The molecule has 0 aliphatic carbocycles. The molecule has 1 amide bonds. The van der Waals surface area contributed by atoms with Gasteiger partial charge in [0.25, 0.3) is 0 Å². The number of unbranched alkanes of at least 4 members (excludes halogenated alkanes) is 2. The Hall–Kier alpha value is -2.11. The molecule has 1 rings (SSSR count). The van der Waals surface area contributed by atoms with Crippen LogP contribution in [0.25, 0.3) is 6.08 Å². The molecule has 0 aliphatic rings. The molecular formula is C14H21N3O3. The SMILES string of the molecule is COC(=O)CCCCCNC(=O)/C=C/c1cnn(C)c1. The Kier molecular flexibility index (Phi) is 7.10. The number of hydrogen-bond acceptors (Lipinski definition) is 4. The quantitative estimate of drug-likeness (QED) is 0.442. The average Bonchev–Trinajstić information content (AvgIpc) is 2.85. The summed E-state index contributed by atoms with van der Waals surface area (Å²) in [6, 6.07) is 0. The minimum Gasteiger partial charge on any atom is -0.469 e. The van der Waals surface area contributed by atoms with E-state index in [1.807, 2.05) is 13.2 Å². The first-order chi connectivity index (χ1) is 9.61. The number of methoxy groups -OCH3 is 1. The van der Waals surface area contributed by atoms with Crippen molar-refractivity contribution >= 4 is 18.0 Å². The van der Waals surface area contributed by atoms with Crippen molar-refractivity contribution in [3.8, 4) is 0 Å². The third kappa shape index (κ3) is 6.72. The van der Waals surface area contributed by atoms with Gasteiger partial charge in [0.1, 0.15) is 0 Å². The number of esters is 1. The molecule has 0 fully saturated rings. The first-order valence-corrected chi connectivity index (χ1v) is 6.63. The van der Waals surface area contributed by atoms with Crippen molar-refractivity contribution in [2.24, 2.45) is 7.05 Å². The van der Waals surface area contributed by atoms with Crippen LogP contribution < -0.4 is 5.32 Å². The molecular weight excluding hydrogens is 258 g/mol. The topological polar surface area (TPSA) is 73.2 Å². The van der Waals surface area contributed by atoms with Crippen molar-refractivity contribution < 1.29 is 14.3 Å². The highest BCUT2D eigenvalue weighted by Crippen LogP contribution is 2.01. The minimum absolute atomic E-state index is 0.123. The van der Waals surface area contributed by atoms with Crippen LogP contribution >= 0.6 is 0 Å². The smallest absolute Gasteiger partial charge is 0.305 e. The monoisotopic (exact) mass is 279 g/mol. The summed E-state index contributed by atoms with van der Waals surface area (Å²) < 4.78 is 6.23. The zero-order chi connectivity index (χ0) is 14.8. The maximum absolute atomic E-state index is 11.5. The Labute approximate surface area is 118 Å². The van der Waals surface area contributed by atoms with E-state index < -0.39 is 0 Å². The lowest BCUT2D eigenvalue weighted by Crippen LogP contribution is -2.22. The van der Waals surface area contributed by atoms with Gasteiger partial charge in [0.05, 0.1) is 13.3 Å². The summed E-state index contributed by atoms with van der Waals surface area (Å²) in [5.41, 5.74) is 0.890. The van der Waals surface area contributed by atoms with Gasteiger partial charge in [0.2, 0.25) is 5.91 Å². The summed E-state index contributed by atoms with van der Waals surface area (Å²) in [5, 5.41) is 6.80. The van der Waals surface area contributed by atoms with Gasteiger partial charge in [-0.15, -0.1) is 0 Å². The standard InChI is InChI=1S/C14H21N3O3/c1-17-11-12(10-16-17)7-8-13(18)15-9-5-3-4-6-14(19)20-2/h7-8,10-11H,3-6,9H2,1-2H3,(H,15,18)/b8-7+. The molecule has 1 aromatic rings. The summed E-state index contributed by atoms with van der Waals surface area (Å²) in [6.07, 6.45) is 9.70. The molecule has 6 heteroatoms. The van der Waals surface area contributed by atoms with E-state index in [-0.39, 0.29) is 11.9 Å². The number of aryl methyl sites for hydroxylation is 1. The number of nitrogens with one attached hydrogen (secondary N) is 1. The van der Waals surface area contributed by atoms with Crippen LogP contribution in [-0.2, 0) is 21.4 Å². The summed E-state index contributed by atoms with van der Waals surface area (Å²) in [6.45, 7) is 0.609. The van der Waals surface area contributed by atoms with Gasteiger partial charge in [0, 0.05) is 37.8 Å². The van der Waals surface area contributed by atoms with Gasteiger partial charge in [-0.1, -0.05) is 6.42 Å². The van der Waals surface area contributed by atoms with Gasteiger partial charge in [-0.2, -0.15) is 5.10 Å². The summed E-state index contributed by atoms with van der Waals surface area (Å²) >= 11 is 0. The van der Waals surface area contributed by atoms with Crippen LogP contribution in [0, 0.1) is 0 Å². The lowest BCUT2D eigenvalue weighted by molar-refractivity contribution is -0.140. The van der Waals surface area contributed by atoms with Crippen molar-refractivity contribution in [3.63, 3.8) is 0 Å². The second kappa shape index (κ2) is 8.90. The highest BCUT2D eigenvalue weighted by molar-refractivity contribution is 5.91. The molecule has 0 unspecified atom stereocenters. The van der Waals surface area contributed by atoms with Gasteiger partial charge in [0.15, 0.2) is 0 Å². The summed E-state index contributed by atoms with van der Waals surface area (Å²) in [7, 11) is 3.21. The van der Waals surface area contributed by atoms with Gasteiger partial charge < -0.3 is 10.1 Å². The van der Waals surface area contributed by atoms with E-state index in [0.717, 1.165) is 24.8 Å². The van der Waals surface area contributed by atoms with Gasteiger partial charge in [-0.3, -0.25) is 14.3 Å². The zero-order valence-electron chi connectivity index (χ0n) is 12.0.